The summed E-state index contributed by atoms with van der Waals surface area (Å²) in [6.45, 7) is 4.75. The van der Waals surface area contributed by atoms with Gasteiger partial charge >= 0.3 is 0 Å². The second-order valence-corrected chi connectivity index (χ2v) is 5.72. The number of hydrogen-bond acceptors (Lipinski definition) is 1. The van der Waals surface area contributed by atoms with Crippen molar-refractivity contribution in [1.29, 1.82) is 0 Å². The lowest BCUT2D eigenvalue weighted by Gasteiger charge is -2.22. The van der Waals surface area contributed by atoms with Crippen LogP contribution in [0.3, 0.4) is 0 Å². The van der Waals surface area contributed by atoms with Crippen LogP contribution in [-0.2, 0) is 10.3 Å². The Morgan fingerprint density at radius 2 is 1.74 bits per heavy atom. The molecule has 1 aliphatic heterocycles. The van der Waals surface area contributed by atoms with Crippen molar-refractivity contribution >= 4 is 15.9 Å². The summed E-state index contributed by atoms with van der Waals surface area (Å²) in [5.41, 5.74) is 2.23. The zero-order chi connectivity index (χ0) is 13.3. The molecule has 0 N–H and O–H groups in total. The second kappa shape index (κ2) is 4.95. The van der Waals surface area contributed by atoms with E-state index in [4.69, 9.17) is 4.74 Å². The van der Waals surface area contributed by atoms with Crippen LogP contribution in [-0.4, -0.2) is 6.61 Å². The normalized spacial score (nSPS) is 22.8. The Balaban J connectivity index is 1.99. The van der Waals surface area contributed by atoms with Gasteiger partial charge in [0.2, 0.25) is 0 Å². The van der Waals surface area contributed by atoms with Crippen molar-refractivity contribution in [2.45, 2.75) is 11.5 Å². The average molecular weight is 315 g/mol. The van der Waals surface area contributed by atoms with E-state index in [0.717, 1.165) is 11.1 Å². The van der Waals surface area contributed by atoms with Crippen molar-refractivity contribution in [2.24, 2.45) is 0 Å². The number of epoxide rings is 1. The van der Waals surface area contributed by atoms with E-state index >= 15 is 0 Å². The zero-order valence-electron chi connectivity index (χ0n) is 10.6. The van der Waals surface area contributed by atoms with Gasteiger partial charge in [0.25, 0.3) is 0 Å². The first kappa shape index (κ1) is 12.6. The summed E-state index contributed by atoms with van der Waals surface area (Å²) in [7, 11) is 0. The highest BCUT2D eigenvalue weighted by atomic mass is 79.9. The fourth-order valence-electron chi connectivity index (χ4n) is 2.59. The molecule has 0 amide bonds. The van der Waals surface area contributed by atoms with Crippen molar-refractivity contribution in [3.63, 3.8) is 0 Å². The summed E-state index contributed by atoms with van der Waals surface area (Å²) >= 11 is 3.47. The van der Waals surface area contributed by atoms with Crippen LogP contribution in [0.25, 0.3) is 0 Å². The highest BCUT2D eigenvalue weighted by molar-refractivity contribution is 9.10. The zero-order valence-corrected chi connectivity index (χ0v) is 12.1. The molecule has 0 radical (unpaired) electrons. The van der Waals surface area contributed by atoms with E-state index in [1.54, 1.807) is 0 Å². The maximum Gasteiger partial charge on any atom is 0.127 e. The van der Waals surface area contributed by atoms with Gasteiger partial charge in [0.15, 0.2) is 0 Å². The minimum Gasteiger partial charge on any atom is -0.363 e. The van der Waals surface area contributed by atoms with Crippen LogP contribution in [0.5, 0.6) is 0 Å². The molecule has 1 nitrogen and oxygen atoms in total. The Morgan fingerprint density at radius 1 is 1.11 bits per heavy atom. The summed E-state index contributed by atoms with van der Waals surface area (Å²) in [5, 5.41) is 0. The van der Waals surface area contributed by atoms with Crippen molar-refractivity contribution in [2.75, 3.05) is 6.61 Å². The van der Waals surface area contributed by atoms with Gasteiger partial charge in [-0.15, -0.1) is 6.58 Å². The summed E-state index contributed by atoms with van der Waals surface area (Å²) in [6.07, 6.45) is 1.99. The van der Waals surface area contributed by atoms with Gasteiger partial charge < -0.3 is 4.74 Å². The molecule has 2 unspecified atom stereocenters. The summed E-state index contributed by atoms with van der Waals surface area (Å²) in [6, 6.07) is 18.8. The Morgan fingerprint density at radius 3 is 2.26 bits per heavy atom. The van der Waals surface area contributed by atoms with Crippen LogP contribution in [0, 0.1) is 0 Å². The maximum absolute atomic E-state index is 5.84. The van der Waals surface area contributed by atoms with Crippen molar-refractivity contribution in [3.05, 3.63) is 82.9 Å². The van der Waals surface area contributed by atoms with Crippen LogP contribution in [0.2, 0.25) is 0 Å². The Bertz CT molecular complexity index is 570. The lowest BCUT2D eigenvalue weighted by atomic mass is 9.81. The molecule has 19 heavy (non-hydrogen) atoms. The summed E-state index contributed by atoms with van der Waals surface area (Å²) in [5.74, 6) is 0.190. The highest BCUT2D eigenvalue weighted by Gasteiger charge is 2.52. The van der Waals surface area contributed by atoms with Gasteiger partial charge in [0.1, 0.15) is 5.60 Å². The van der Waals surface area contributed by atoms with E-state index < -0.39 is 0 Å². The van der Waals surface area contributed by atoms with Gasteiger partial charge in [0.05, 0.1) is 6.61 Å². The van der Waals surface area contributed by atoms with Gasteiger partial charge in [-0.1, -0.05) is 64.5 Å². The molecule has 0 aliphatic carbocycles. The molecular weight excluding hydrogens is 300 g/mol. The van der Waals surface area contributed by atoms with Crippen LogP contribution >= 0.6 is 15.9 Å². The molecule has 0 spiro atoms. The van der Waals surface area contributed by atoms with Crippen LogP contribution in [0.15, 0.2) is 71.7 Å². The largest absolute Gasteiger partial charge is 0.363 e. The Kier molecular flexibility index (Phi) is 3.29. The Hall–Kier alpha value is -1.38. The fraction of sp³-hybridized carbons (Fsp3) is 0.176. The third kappa shape index (κ3) is 2.26. The Labute approximate surface area is 122 Å². The molecule has 3 rings (SSSR count). The SMILES string of the molecule is C=CC(c1ccccc1)C1(c2ccc(Br)cc2)CO1. The summed E-state index contributed by atoms with van der Waals surface area (Å²) < 4.78 is 6.93. The van der Waals surface area contributed by atoms with Gasteiger partial charge in [-0.3, -0.25) is 0 Å². The smallest absolute Gasteiger partial charge is 0.127 e. The number of benzene rings is 2. The third-order valence-corrected chi connectivity index (χ3v) is 4.21. The van der Waals surface area contributed by atoms with Gasteiger partial charge in [-0.2, -0.15) is 0 Å². The average Bonchev–Trinajstić information content (AvgIpc) is 3.23. The molecule has 1 saturated heterocycles. The van der Waals surface area contributed by atoms with E-state index in [0.29, 0.717) is 0 Å². The van der Waals surface area contributed by atoms with Crippen LogP contribution < -0.4 is 0 Å². The molecule has 1 heterocycles. The third-order valence-electron chi connectivity index (χ3n) is 3.68. The molecule has 1 fully saturated rings. The number of rotatable bonds is 4. The highest BCUT2D eigenvalue weighted by Crippen LogP contribution is 2.50. The number of hydrogen-bond donors (Lipinski definition) is 0. The standard InChI is InChI=1S/C17H15BrO/c1-2-16(13-6-4-3-5-7-13)17(12-19-17)14-8-10-15(18)11-9-14/h2-11,16H,1,12H2. The predicted molar refractivity (Wildman–Crippen MR) is 81.2 cm³/mol. The first-order valence-electron chi connectivity index (χ1n) is 6.34. The van der Waals surface area contributed by atoms with Gasteiger partial charge in [-0.05, 0) is 23.3 Å². The first-order valence-corrected chi connectivity index (χ1v) is 7.13. The molecule has 2 aromatic rings. The molecule has 1 aliphatic rings. The van der Waals surface area contributed by atoms with Crippen molar-refractivity contribution < 1.29 is 4.74 Å². The second-order valence-electron chi connectivity index (χ2n) is 4.81. The molecule has 2 atom stereocenters. The number of ether oxygens (including phenoxy) is 1. The maximum atomic E-state index is 5.84. The minimum atomic E-state index is -0.232. The number of halogens is 1. The molecule has 0 bridgehead atoms. The lowest BCUT2D eigenvalue weighted by Crippen LogP contribution is -2.18. The lowest BCUT2D eigenvalue weighted by molar-refractivity contribution is 0.287. The van der Waals surface area contributed by atoms with E-state index in [2.05, 4.69) is 71.0 Å². The van der Waals surface area contributed by atoms with Crippen molar-refractivity contribution in [3.8, 4) is 0 Å². The van der Waals surface area contributed by atoms with Gasteiger partial charge in [0, 0.05) is 10.4 Å². The topological polar surface area (TPSA) is 12.5 Å². The molecule has 0 aromatic heterocycles. The molecule has 2 aromatic carbocycles. The van der Waals surface area contributed by atoms with E-state index in [1.165, 1.54) is 11.1 Å². The first-order chi connectivity index (χ1) is 9.26. The van der Waals surface area contributed by atoms with E-state index in [9.17, 15) is 0 Å². The summed E-state index contributed by atoms with van der Waals surface area (Å²) in [4.78, 5) is 0. The quantitative estimate of drug-likeness (QED) is 0.591. The predicted octanol–water partition coefficient (Wildman–Crippen LogP) is 4.64. The fourth-order valence-corrected chi connectivity index (χ4v) is 2.86. The van der Waals surface area contributed by atoms with E-state index in [-0.39, 0.29) is 11.5 Å². The molecule has 0 saturated carbocycles. The molecule has 2 heteroatoms. The molecular formula is C17H15BrO. The van der Waals surface area contributed by atoms with Crippen LogP contribution in [0.4, 0.5) is 0 Å². The minimum absolute atomic E-state index is 0.190. The van der Waals surface area contributed by atoms with Gasteiger partial charge in [-0.25, -0.2) is 0 Å². The van der Waals surface area contributed by atoms with E-state index in [1.807, 2.05) is 12.1 Å². The monoisotopic (exact) mass is 314 g/mol. The van der Waals surface area contributed by atoms with Crippen molar-refractivity contribution in [1.82, 2.24) is 0 Å². The van der Waals surface area contributed by atoms with Crippen LogP contribution in [0.1, 0.15) is 17.0 Å². The molecule has 96 valence electrons.